The van der Waals surface area contributed by atoms with Gasteiger partial charge in [0.1, 0.15) is 5.75 Å². The van der Waals surface area contributed by atoms with Gasteiger partial charge < -0.3 is 4.74 Å². The van der Waals surface area contributed by atoms with Crippen LogP contribution in [0.25, 0.3) is 22.3 Å². The fourth-order valence-electron chi connectivity index (χ4n) is 4.55. The number of carbonyl (C=O) groups is 1. The van der Waals surface area contributed by atoms with E-state index < -0.39 is 0 Å². The van der Waals surface area contributed by atoms with Gasteiger partial charge in [-0.3, -0.25) is 0 Å². The molecule has 4 aromatic rings. The Morgan fingerprint density at radius 3 is 1.95 bits per heavy atom. The molecule has 2 nitrogen and oxygen atoms in total. The lowest BCUT2D eigenvalue weighted by Gasteiger charge is -2.16. The van der Waals surface area contributed by atoms with E-state index in [1.807, 2.05) is 72.4 Å². The summed E-state index contributed by atoms with van der Waals surface area (Å²) in [5.74, 6) is 1.36. The van der Waals surface area contributed by atoms with Crippen molar-refractivity contribution in [1.82, 2.24) is 0 Å². The van der Waals surface area contributed by atoms with Gasteiger partial charge in [0.15, 0.2) is 0 Å². The van der Waals surface area contributed by atoms with Crippen LogP contribution in [0.2, 0.25) is 0 Å². The molecule has 1 radical (unpaired) electrons. The molecule has 0 saturated carbocycles. The minimum absolute atomic E-state index is 0.362. The largest absolute Gasteiger partial charge is 0.422 e. The van der Waals surface area contributed by atoms with E-state index in [9.17, 15) is 4.79 Å². The number of ether oxygens (including phenoxy) is 1. The van der Waals surface area contributed by atoms with Gasteiger partial charge in [-0.1, -0.05) is 125 Å². The second-order valence-corrected chi connectivity index (χ2v) is 10.7. The molecule has 0 saturated heterocycles. The number of rotatable bonds is 14. The van der Waals surface area contributed by atoms with Gasteiger partial charge >= 0.3 is 5.97 Å². The van der Waals surface area contributed by atoms with Crippen molar-refractivity contribution in [3.05, 3.63) is 109 Å². The molecule has 3 heteroatoms. The van der Waals surface area contributed by atoms with Crippen LogP contribution >= 0.6 is 11.8 Å². The Morgan fingerprint density at radius 1 is 0.684 bits per heavy atom. The standard InChI is InChI=1S/C35H37O2S/c1-2-3-4-5-6-7-8-15-27-38-31-25-23-29(24-26-31)33-22-16-21-32(28-17-11-9-12-18-28)34(33)37-35(36)30-19-13-10-14-20-30/h10-14,16-26H,2-8,15,27H2,1H3. The third-order valence-electron chi connectivity index (χ3n) is 6.68. The summed E-state index contributed by atoms with van der Waals surface area (Å²) in [6.45, 7) is 2.27. The highest BCUT2D eigenvalue weighted by atomic mass is 32.2. The van der Waals surface area contributed by atoms with E-state index in [-0.39, 0.29) is 5.97 Å². The Kier molecular flexibility index (Phi) is 11.1. The highest BCUT2D eigenvalue weighted by Gasteiger charge is 2.18. The zero-order valence-electron chi connectivity index (χ0n) is 22.3. The van der Waals surface area contributed by atoms with Gasteiger partial charge in [-0.05, 0) is 53.6 Å². The summed E-state index contributed by atoms with van der Waals surface area (Å²) in [6, 6.07) is 34.6. The van der Waals surface area contributed by atoms with Crippen molar-refractivity contribution in [2.45, 2.75) is 63.2 Å². The molecule has 0 heterocycles. The fraction of sp³-hybridized carbons (Fsp3) is 0.286. The van der Waals surface area contributed by atoms with E-state index in [0.29, 0.717) is 11.3 Å². The van der Waals surface area contributed by atoms with Crippen LogP contribution in [0.15, 0.2) is 102 Å². The van der Waals surface area contributed by atoms with Crippen LogP contribution in [0.3, 0.4) is 0 Å². The summed E-state index contributed by atoms with van der Waals surface area (Å²) in [5, 5.41) is 0. The number of para-hydroxylation sites is 1. The lowest BCUT2D eigenvalue weighted by atomic mass is 9.97. The van der Waals surface area contributed by atoms with Crippen molar-refractivity contribution in [1.29, 1.82) is 0 Å². The summed E-state index contributed by atoms with van der Waals surface area (Å²) >= 11 is 1.92. The first kappa shape index (κ1) is 27.7. The van der Waals surface area contributed by atoms with Crippen molar-refractivity contribution in [3.8, 4) is 28.0 Å². The number of esters is 1. The zero-order chi connectivity index (χ0) is 26.4. The maximum atomic E-state index is 13.1. The number of benzene rings is 4. The van der Waals surface area contributed by atoms with E-state index in [2.05, 4.69) is 37.3 Å². The third-order valence-corrected chi connectivity index (χ3v) is 7.78. The van der Waals surface area contributed by atoms with E-state index in [0.717, 1.165) is 28.0 Å². The van der Waals surface area contributed by atoms with Gasteiger partial charge in [0.25, 0.3) is 0 Å². The molecule has 0 aliphatic rings. The first-order valence-corrected chi connectivity index (χ1v) is 14.8. The van der Waals surface area contributed by atoms with Gasteiger partial charge in [0.2, 0.25) is 0 Å². The summed E-state index contributed by atoms with van der Waals surface area (Å²) in [4.78, 5) is 14.3. The molecule has 0 spiro atoms. The number of carbonyl (C=O) groups excluding carboxylic acids is 1. The summed E-state index contributed by atoms with van der Waals surface area (Å²) in [7, 11) is 0. The highest BCUT2D eigenvalue weighted by molar-refractivity contribution is 7.99. The van der Waals surface area contributed by atoms with Gasteiger partial charge in [0.05, 0.1) is 5.56 Å². The first-order chi connectivity index (χ1) is 18.8. The Bertz CT molecular complexity index is 1250. The topological polar surface area (TPSA) is 26.3 Å². The average Bonchev–Trinajstić information content (AvgIpc) is 2.97. The van der Waals surface area contributed by atoms with Crippen LogP contribution in [-0.2, 0) is 0 Å². The second-order valence-electron chi connectivity index (χ2n) is 9.57. The number of unbranched alkanes of at least 4 members (excludes halogenated alkanes) is 7. The molecule has 0 aromatic heterocycles. The molecule has 0 atom stereocenters. The summed E-state index contributed by atoms with van der Waals surface area (Å²) in [6.07, 6.45) is 10.8. The summed E-state index contributed by atoms with van der Waals surface area (Å²) in [5.41, 5.74) is 4.33. The predicted octanol–water partition coefficient (Wildman–Crippen LogP) is 10.3. The highest BCUT2D eigenvalue weighted by Crippen LogP contribution is 2.40. The van der Waals surface area contributed by atoms with Crippen LogP contribution in [0.1, 0.15) is 68.6 Å². The molecule has 4 aromatic carbocycles. The van der Waals surface area contributed by atoms with Crippen molar-refractivity contribution in [3.63, 3.8) is 0 Å². The van der Waals surface area contributed by atoms with Gasteiger partial charge in [-0.15, -0.1) is 11.8 Å². The SMILES string of the molecule is CCCCCCCCCCSc1ccc(-c2cccc(-c3cc[c]cc3)c2OC(=O)c2ccccc2)cc1. The molecular weight excluding hydrogens is 484 g/mol. The van der Waals surface area contributed by atoms with E-state index in [4.69, 9.17) is 4.74 Å². The normalized spacial score (nSPS) is 10.9. The average molecular weight is 522 g/mol. The Balaban J connectivity index is 1.45. The van der Waals surface area contributed by atoms with Crippen molar-refractivity contribution >= 4 is 17.7 Å². The molecule has 0 amide bonds. The number of hydrogen-bond donors (Lipinski definition) is 0. The minimum Gasteiger partial charge on any atom is -0.422 e. The smallest absolute Gasteiger partial charge is 0.343 e. The lowest BCUT2D eigenvalue weighted by Crippen LogP contribution is -2.10. The van der Waals surface area contributed by atoms with Crippen LogP contribution < -0.4 is 4.74 Å². The molecule has 0 unspecified atom stereocenters. The van der Waals surface area contributed by atoms with Gasteiger partial charge in [-0.2, -0.15) is 0 Å². The second kappa shape index (κ2) is 15.2. The van der Waals surface area contributed by atoms with Crippen molar-refractivity contribution < 1.29 is 9.53 Å². The van der Waals surface area contributed by atoms with Crippen molar-refractivity contribution in [2.75, 3.05) is 5.75 Å². The Morgan fingerprint density at radius 2 is 1.29 bits per heavy atom. The minimum atomic E-state index is -0.362. The van der Waals surface area contributed by atoms with E-state index >= 15 is 0 Å². The maximum Gasteiger partial charge on any atom is 0.343 e. The number of hydrogen-bond acceptors (Lipinski definition) is 3. The first-order valence-electron chi connectivity index (χ1n) is 13.9. The summed E-state index contributed by atoms with van der Waals surface area (Å²) < 4.78 is 6.08. The molecule has 0 bridgehead atoms. The molecule has 195 valence electrons. The number of thioether (sulfide) groups is 1. The van der Waals surface area contributed by atoms with E-state index in [1.54, 1.807) is 12.1 Å². The van der Waals surface area contributed by atoms with Crippen LogP contribution in [0.5, 0.6) is 5.75 Å². The molecular formula is C35H37O2S. The van der Waals surface area contributed by atoms with E-state index in [1.165, 1.54) is 56.3 Å². The Labute approximate surface area is 232 Å². The van der Waals surface area contributed by atoms with Gasteiger partial charge in [-0.25, -0.2) is 4.79 Å². The van der Waals surface area contributed by atoms with Gasteiger partial charge in [0, 0.05) is 16.0 Å². The molecule has 0 aliphatic heterocycles. The Hall–Kier alpha value is -3.30. The maximum absolute atomic E-state index is 13.1. The fourth-order valence-corrected chi connectivity index (χ4v) is 5.46. The quantitative estimate of drug-likeness (QED) is 0.0714. The molecule has 38 heavy (non-hydrogen) atoms. The predicted molar refractivity (Wildman–Crippen MR) is 161 cm³/mol. The molecule has 0 fully saturated rings. The van der Waals surface area contributed by atoms with Crippen molar-refractivity contribution in [2.24, 2.45) is 0 Å². The van der Waals surface area contributed by atoms with Crippen LogP contribution in [-0.4, -0.2) is 11.7 Å². The monoisotopic (exact) mass is 521 g/mol. The molecule has 4 rings (SSSR count). The molecule has 0 N–H and O–H groups in total. The zero-order valence-corrected chi connectivity index (χ0v) is 23.1. The lowest BCUT2D eigenvalue weighted by molar-refractivity contribution is 0.0736. The molecule has 0 aliphatic carbocycles. The van der Waals surface area contributed by atoms with Crippen LogP contribution in [0.4, 0.5) is 0 Å². The van der Waals surface area contributed by atoms with Crippen LogP contribution in [0, 0.1) is 6.07 Å². The third kappa shape index (κ3) is 8.10.